The Labute approximate surface area is 137 Å². The van der Waals surface area contributed by atoms with Crippen LogP contribution >= 0.6 is 0 Å². The number of ether oxygens (including phenoxy) is 1. The molecule has 0 bridgehead atoms. The molecule has 0 unspecified atom stereocenters. The number of piperazine rings is 1. The van der Waals surface area contributed by atoms with E-state index in [9.17, 15) is 4.79 Å². The number of aryl methyl sites for hydroxylation is 1. The molecule has 0 aromatic carbocycles. The molecular formula is C17H26N4O2. The van der Waals surface area contributed by atoms with Gasteiger partial charge in [-0.3, -0.25) is 4.79 Å². The van der Waals surface area contributed by atoms with Crippen LogP contribution in [0.3, 0.4) is 0 Å². The first-order valence-corrected chi connectivity index (χ1v) is 8.55. The number of anilines is 1. The van der Waals surface area contributed by atoms with Crippen molar-refractivity contribution < 1.29 is 9.53 Å². The van der Waals surface area contributed by atoms with Gasteiger partial charge >= 0.3 is 0 Å². The van der Waals surface area contributed by atoms with Gasteiger partial charge in [-0.25, -0.2) is 9.97 Å². The Hall–Kier alpha value is -1.69. The smallest absolute Gasteiger partial charge is 0.251 e. The lowest BCUT2D eigenvalue weighted by Gasteiger charge is -2.36. The van der Waals surface area contributed by atoms with E-state index in [0.717, 1.165) is 56.4 Å². The van der Waals surface area contributed by atoms with Crippen molar-refractivity contribution in [3.8, 4) is 0 Å². The third-order valence-electron chi connectivity index (χ3n) is 4.49. The minimum atomic E-state index is -0.213. The zero-order valence-electron chi connectivity index (χ0n) is 14.3. The molecule has 3 heterocycles. The van der Waals surface area contributed by atoms with Crippen molar-refractivity contribution in [3.63, 3.8) is 0 Å². The average molecular weight is 318 g/mol. The van der Waals surface area contributed by atoms with Crippen molar-refractivity contribution in [1.29, 1.82) is 0 Å². The first-order chi connectivity index (χ1) is 11.0. The predicted molar refractivity (Wildman–Crippen MR) is 88.6 cm³/mol. The van der Waals surface area contributed by atoms with Gasteiger partial charge in [-0.2, -0.15) is 0 Å². The van der Waals surface area contributed by atoms with Crippen LogP contribution < -0.4 is 4.90 Å². The SMILES string of the molecule is Cc1cc(N2CCN(C(=O)[C@H]3CCCO3)CC2)nc(C(C)C)n1. The van der Waals surface area contributed by atoms with Crippen molar-refractivity contribution >= 4 is 11.7 Å². The average Bonchev–Trinajstić information content (AvgIpc) is 3.08. The van der Waals surface area contributed by atoms with Gasteiger partial charge in [-0.1, -0.05) is 13.8 Å². The second kappa shape index (κ2) is 6.83. The Bertz CT molecular complexity index is 562. The van der Waals surface area contributed by atoms with Crippen molar-refractivity contribution in [3.05, 3.63) is 17.6 Å². The van der Waals surface area contributed by atoms with E-state index in [4.69, 9.17) is 9.72 Å². The van der Waals surface area contributed by atoms with Crippen molar-refractivity contribution in [1.82, 2.24) is 14.9 Å². The lowest BCUT2D eigenvalue weighted by molar-refractivity contribution is -0.141. The first-order valence-electron chi connectivity index (χ1n) is 8.55. The molecule has 0 N–H and O–H groups in total. The molecule has 126 valence electrons. The minimum Gasteiger partial charge on any atom is -0.368 e. The van der Waals surface area contributed by atoms with Gasteiger partial charge in [0.05, 0.1) is 0 Å². The molecule has 2 saturated heterocycles. The Balaban J connectivity index is 1.63. The van der Waals surface area contributed by atoms with E-state index >= 15 is 0 Å². The topological polar surface area (TPSA) is 58.6 Å². The van der Waals surface area contributed by atoms with Crippen LogP contribution in [0.5, 0.6) is 0 Å². The summed E-state index contributed by atoms with van der Waals surface area (Å²) in [5, 5.41) is 0. The maximum Gasteiger partial charge on any atom is 0.251 e. The van der Waals surface area contributed by atoms with E-state index in [1.54, 1.807) is 0 Å². The van der Waals surface area contributed by atoms with E-state index in [0.29, 0.717) is 12.5 Å². The van der Waals surface area contributed by atoms with Gasteiger partial charge in [0.25, 0.3) is 5.91 Å². The highest BCUT2D eigenvalue weighted by Gasteiger charge is 2.30. The number of amides is 1. The summed E-state index contributed by atoms with van der Waals surface area (Å²) < 4.78 is 5.51. The van der Waals surface area contributed by atoms with Crippen LogP contribution in [0.25, 0.3) is 0 Å². The molecule has 2 aliphatic rings. The molecule has 1 amide bonds. The number of carbonyl (C=O) groups is 1. The number of hydrogen-bond donors (Lipinski definition) is 0. The third-order valence-corrected chi connectivity index (χ3v) is 4.49. The van der Waals surface area contributed by atoms with Crippen LogP contribution in [0.1, 0.15) is 44.1 Å². The number of hydrogen-bond acceptors (Lipinski definition) is 5. The van der Waals surface area contributed by atoms with Crippen molar-refractivity contribution in [2.75, 3.05) is 37.7 Å². The molecule has 2 aliphatic heterocycles. The van der Waals surface area contributed by atoms with Crippen LogP contribution in [-0.2, 0) is 9.53 Å². The lowest BCUT2D eigenvalue weighted by atomic mass is 10.2. The summed E-state index contributed by atoms with van der Waals surface area (Å²) in [7, 11) is 0. The fourth-order valence-corrected chi connectivity index (χ4v) is 3.13. The van der Waals surface area contributed by atoms with Gasteiger partial charge in [-0.05, 0) is 19.8 Å². The number of aromatic nitrogens is 2. The molecule has 3 rings (SSSR count). The molecule has 6 heteroatoms. The zero-order valence-corrected chi connectivity index (χ0v) is 14.3. The maximum absolute atomic E-state index is 12.4. The number of carbonyl (C=O) groups excluding carboxylic acids is 1. The summed E-state index contributed by atoms with van der Waals surface area (Å²) in [4.78, 5) is 25.8. The third kappa shape index (κ3) is 3.63. The lowest BCUT2D eigenvalue weighted by Crippen LogP contribution is -2.51. The van der Waals surface area contributed by atoms with Crippen LogP contribution in [0.2, 0.25) is 0 Å². The molecule has 1 aromatic rings. The maximum atomic E-state index is 12.4. The molecule has 1 atom stereocenters. The standard InChI is InChI=1S/C17H26N4O2/c1-12(2)16-18-13(3)11-15(19-16)20-6-8-21(9-7-20)17(22)14-5-4-10-23-14/h11-12,14H,4-10H2,1-3H3/t14-/m1/s1. The molecular weight excluding hydrogens is 292 g/mol. The summed E-state index contributed by atoms with van der Waals surface area (Å²) in [6.07, 6.45) is 1.64. The highest BCUT2D eigenvalue weighted by molar-refractivity contribution is 5.81. The van der Waals surface area contributed by atoms with E-state index in [2.05, 4.69) is 23.7 Å². The number of rotatable bonds is 3. The first kappa shape index (κ1) is 16.2. The predicted octanol–water partition coefficient (Wildman–Crippen LogP) is 1.74. The second-order valence-corrected chi connectivity index (χ2v) is 6.69. The van der Waals surface area contributed by atoms with Gasteiger partial charge in [0.2, 0.25) is 0 Å². The van der Waals surface area contributed by atoms with Crippen molar-refractivity contribution in [2.45, 2.75) is 45.6 Å². The van der Waals surface area contributed by atoms with E-state index < -0.39 is 0 Å². The van der Waals surface area contributed by atoms with Crippen LogP contribution in [0, 0.1) is 6.92 Å². The Morgan fingerprint density at radius 2 is 2.00 bits per heavy atom. The van der Waals surface area contributed by atoms with Gasteiger partial charge in [-0.15, -0.1) is 0 Å². The molecule has 0 saturated carbocycles. The fourth-order valence-electron chi connectivity index (χ4n) is 3.13. The van der Waals surface area contributed by atoms with Gasteiger partial charge < -0.3 is 14.5 Å². The normalized spacial score (nSPS) is 22.0. The largest absolute Gasteiger partial charge is 0.368 e. The molecule has 0 spiro atoms. The van der Waals surface area contributed by atoms with Crippen LogP contribution in [0.15, 0.2) is 6.07 Å². The molecule has 23 heavy (non-hydrogen) atoms. The van der Waals surface area contributed by atoms with E-state index in [1.807, 2.05) is 17.9 Å². The summed E-state index contributed by atoms with van der Waals surface area (Å²) >= 11 is 0. The highest BCUT2D eigenvalue weighted by Crippen LogP contribution is 2.20. The van der Waals surface area contributed by atoms with E-state index in [-0.39, 0.29) is 12.0 Å². The second-order valence-electron chi connectivity index (χ2n) is 6.69. The minimum absolute atomic E-state index is 0.156. The summed E-state index contributed by atoms with van der Waals surface area (Å²) in [6, 6.07) is 2.03. The molecule has 6 nitrogen and oxygen atoms in total. The quantitative estimate of drug-likeness (QED) is 0.849. The number of nitrogens with zero attached hydrogens (tertiary/aromatic N) is 4. The van der Waals surface area contributed by atoms with Crippen LogP contribution in [-0.4, -0.2) is 59.7 Å². The van der Waals surface area contributed by atoms with Gasteiger partial charge in [0.1, 0.15) is 17.7 Å². The Kier molecular flexibility index (Phi) is 4.80. The summed E-state index contributed by atoms with van der Waals surface area (Å²) in [5.41, 5.74) is 0.997. The highest BCUT2D eigenvalue weighted by atomic mass is 16.5. The summed E-state index contributed by atoms with van der Waals surface area (Å²) in [5.74, 6) is 2.34. The van der Waals surface area contributed by atoms with Crippen molar-refractivity contribution in [2.24, 2.45) is 0 Å². The monoisotopic (exact) mass is 318 g/mol. The van der Waals surface area contributed by atoms with E-state index in [1.165, 1.54) is 0 Å². The molecule has 1 aromatic heterocycles. The fraction of sp³-hybridized carbons (Fsp3) is 0.706. The van der Waals surface area contributed by atoms with Gasteiger partial charge in [0, 0.05) is 50.5 Å². The van der Waals surface area contributed by atoms with Gasteiger partial charge in [0.15, 0.2) is 0 Å². The Morgan fingerprint density at radius 3 is 2.61 bits per heavy atom. The summed E-state index contributed by atoms with van der Waals surface area (Å²) in [6.45, 7) is 10.0. The van der Waals surface area contributed by atoms with Crippen LogP contribution in [0.4, 0.5) is 5.82 Å². The zero-order chi connectivity index (χ0) is 16.4. The molecule has 2 fully saturated rings. The molecule has 0 aliphatic carbocycles. The Morgan fingerprint density at radius 1 is 1.26 bits per heavy atom. The molecule has 0 radical (unpaired) electrons.